The van der Waals surface area contributed by atoms with Crippen molar-refractivity contribution in [1.29, 1.82) is 0 Å². The Morgan fingerprint density at radius 3 is 2.71 bits per heavy atom. The largest absolute Gasteiger partial charge is 0.352 e. The van der Waals surface area contributed by atoms with Gasteiger partial charge in [0.15, 0.2) is 0 Å². The molecule has 2 aliphatic rings. The standard InChI is InChI=1S/C17H25N3O/c1-13(21)19-15-9-11-20(12-15)16-7-5-14(6-8-16)17-4-2-3-10-18-17/h2-4,10,14-16H,5-9,11-12H2,1H3,(H,19,21). The lowest BCUT2D eigenvalue weighted by molar-refractivity contribution is -0.119. The first-order valence-corrected chi connectivity index (χ1v) is 8.14. The van der Waals surface area contributed by atoms with Gasteiger partial charge in [0.05, 0.1) is 0 Å². The van der Waals surface area contributed by atoms with E-state index in [0.717, 1.165) is 19.5 Å². The van der Waals surface area contributed by atoms with E-state index in [4.69, 9.17) is 0 Å². The number of hydrogen-bond donors (Lipinski definition) is 1. The lowest BCUT2D eigenvalue weighted by Gasteiger charge is -2.34. The van der Waals surface area contributed by atoms with Crippen molar-refractivity contribution in [1.82, 2.24) is 15.2 Å². The predicted molar refractivity (Wildman–Crippen MR) is 83.0 cm³/mol. The van der Waals surface area contributed by atoms with Gasteiger partial charge in [0.25, 0.3) is 0 Å². The summed E-state index contributed by atoms with van der Waals surface area (Å²) in [4.78, 5) is 18.2. The molecular weight excluding hydrogens is 262 g/mol. The number of carbonyl (C=O) groups excluding carboxylic acids is 1. The van der Waals surface area contributed by atoms with E-state index in [1.807, 2.05) is 12.3 Å². The minimum absolute atomic E-state index is 0.0979. The lowest BCUT2D eigenvalue weighted by atomic mass is 9.83. The molecule has 4 nitrogen and oxygen atoms in total. The number of hydrogen-bond acceptors (Lipinski definition) is 3. The molecule has 1 aromatic heterocycles. The van der Waals surface area contributed by atoms with Gasteiger partial charge in [0.2, 0.25) is 5.91 Å². The van der Waals surface area contributed by atoms with Crippen LogP contribution in [0.4, 0.5) is 0 Å². The summed E-state index contributed by atoms with van der Waals surface area (Å²) in [5, 5.41) is 3.05. The smallest absolute Gasteiger partial charge is 0.217 e. The minimum atomic E-state index is 0.0979. The van der Waals surface area contributed by atoms with Crippen molar-refractivity contribution in [3.05, 3.63) is 30.1 Å². The summed E-state index contributed by atoms with van der Waals surface area (Å²) in [6, 6.07) is 7.29. The molecule has 21 heavy (non-hydrogen) atoms. The molecule has 1 aromatic rings. The van der Waals surface area contributed by atoms with E-state index in [9.17, 15) is 4.79 Å². The first-order chi connectivity index (χ1) is 10.2. The topological polar surface area (TPSA) is 45.2 Å². The van der Waals surface area contributed by atoms with E-state index >= 15 is 0 Å². The first-order valence-electron chi connectivity index (χ1n) is 8.14. The highest BCUT2D eigenvalue weighted by Crippen LogP contribution is 2.34. The van der Waals surface area contributed by atoms with E-state index in [1.54, 1.807) is 6.92 Å². The van der Waals surface area contributed by atoms with Gasteiger partial charge in [-0.15, -0.1) is 0 Å². The summed E-state index contributed by atoms with van der Waals surface area (Å²) in [5.41, 5.74) is 1.26. The summed E-state index contributed by atoms with van der Waals surface area (Å²) in [7, 11) is 0. The van der Waals surface area contributed by atoms with Gasteiger partial charge in [0.1, 0.15) is 0 Å². The van der Waals surface area contributed by atoms with Crippen LogP contribution in [-0.4, -0.2) is 41.0 Å². The third-order valence-corrected chi connectivity index (χ3v) is 4.95. The number of amides is 1. The van der Waals surface area contributed by atoms with Gasteiger partial charge < -0.3 is 5.32 Å². The average Bonchev–Trinajstić information content (AvgIpc) is 2.96. The molecule has 2 heterocycles. The van der Waals surface area contributed by atoms with Gasteiger partial charge in [-0.05, 0) is 44.2 Å². The van der Waals surface area contributed by atoms with Gasteiger partial charge in [-0.25, -0.2) is 0 Å². The van der Waals surface area contributed by atoms with Gasteiger partial charge in [-0.3, -0.25) is 14.7 Å². The fourth-order valence-electron chi connectivity index (χ4n) is 3.88. The highest BCUT2D eigenvalue weighted by molar-refractivity contribution is 5.73. The van der Waals surface area contributed by atoms with Gasteiger partial charge >= 0.3 is 0 Å². The van der Waals surface area contributed by atoms with E-state index in [1.165, 1.54) is 31.4 Å². The van der Waals surface area contributed by atoms with Gasteiger partial charge in [-0.2, -0.15) is 0 Å². The zero-order chi connectivity index (χ0) is 14.7. The van der Waals surface area contributed by atoms with E-state index in [0.29, 0.717) is 18.0 Å². The van der Waals surface area contributed by atoms with E-state index in [2.05, 4.69) is 27.3 Å². The first kappa shape index (κ1) is 14.5. The summed E-state index contributed by atoms with van der Waals surface area (Å²) in [5.74, 6) is 0.733. The fourth-order valence-corrected chi connectivity index (χ4v) is 3.88. The van der Waals surface area contributed by atoms with E-state index in [-0.39, 0.29) is 5.91 Å². The van der Waals surface area contributed by atoms with Crippen molar-refractivity contribution >= 4 is 5.91 Å². The Kier molecular flexibility index (Phi) is 4.54. The number of likely N-dealkylation sites (tertiary alicyclic amines) is 1. The maximum Gasteiger partial charge on any atom is 0.217 e. The Bertz CT molecular complexity index is 468. The van der Waals surface area contributed by atoms with Crippen molar-refractivity contribution in [2.24, 2.45) is 0 Å². The van der Waals surface area contributed by atoms with Crippen LogP contribution in [0, 0.1) is 0 Å². The Balaban J connectivity index is 1.49. The molecule has 1 N–H and O–H groups in total. The predicted octanol–water partition coefficient (Wildman–Crippen LogP) is 2.32. The molecule has 114 valence electrons. The van der Waals surface area contributed by atoms with Gasteiger partial charge in [0, 0.05) is 49.9 Å². The molecule has 0 bridgehead atoms. The molecule has 0 spiro atoms. The van der Waals surface area contributed by atoms with Crippen LogP contribution in [0.25, 0.3) is 0 Å². The SMILES string of the molecule is CC(=O)NC1CCN(C2CCC(c3ccccn3)CC2)C1. The third kappa shape index (κ3) is 3.62. The molecule has 1 atom stereocenters. The Hall–Kier alpha value is -1.42. The van der Waals surface area contributed by atoms with Crippen molar-refractivity contribution in [2.45, 2.75) is 57.0 Å². The normalized spacial score (nSPS) is 30.2. The van der Waals surface area contributed by atoms with Crippen LogP contribution in [0.5, 0.6) is 0 Å². The molecule has 1 amide bonds. The molecule has 4 heteroatoms. The summed E-state index contributed by atoms with van der Waals surface area (Å²) in [6.45, 7) is 3.77. The number of pyridine rings is 1. The highest BCUT2D eigenvalue weighted by atomic mass is 16.1. The third-order valence-electron chi connectivity index (χ3n) is 4.95. The minimum Gasteiger partial charge on any atom is -0.352 e. The van der Waals surface area contributed by atoms with Crippen LogP contribution in [0.1, 0.15) is 50.6 Å². The molecule has 1 aliphatic carbocycles. The van der Waals surface area contributed by atoms with Crippen molar-refractivity contribution < 1.29 is 4.79 Å². The fraction of sp³-hybridized carbons (Fsp3) is 0.647. The Labute approximate surface area is 126 Å². The van der Waals surface area contributed by atoms with Crippen LogP contribution in [-0.2, 0) is 4.79 Å². The van der Waals surface area contributed by atoms with Crippen LogP contribution in [0.3, 0.4) is 0 Å². The highest BCUT2D eigenvalue weighted by Gasteiger charge is 2.32. The molecule has 0 radical (unpaired) electrons. The monoisotopic (exact) mass is 287 g/mol. The Morgan fingerprint density at radius 2 is 2.05 bits per heavy atom. The summed E-state index contributed by atoms with van der Waals surface area (Å²) < 4.78 is 0. The van der Waals surface area contributed by atoms with Crippen molar-refractivity contribution in [3.63, 3.8) is 0 Å². The molecule has 0 aromatic carbocycles. The maximum atomic E-state index is 11.1. The zero-order valence-corrected chi connectivity index (χ0v) is 12.8. The number of rotatable bonds is 3. The molecule has 1 unspecified atom stereocenters. The lowest BCUT2D eigenvalue weighted by Crippen LogP contribution is -2.40. The van der Waals surface area contributed by atoms with Crippen molar-refractivity contribution in [2.75, 3.05) is 13.1 Å². The molecule has 1 saturated carbocycles. The van der Waals surface area contributed by atoms with Crippen LogP contribution in [0.2, 0.25) is 0 Å². The second-order valence-corrected chi connectivity index (χ2v) is 6.44. The quantitative estimate of drug-likeness (QED) is 0.928. The maximum absolute atomic E-state index is 11.1. The van der Waals surface area contributed by atoms with Gasteiger partial charge in [-0.1, -0.05) is 6.07 Å². The summed E-state index contributed by atoms with van der Waals surface area (Å²) >= 11 is 0. The van der Waals surface area contributed by atoms with Crippen LogP contribution in [0.15, 0.2) is 24.4 Å². The molecule has 1 saturated heterocycles. The Morgan fingerprint density at radius 1 is 1.24 bits per heavy atom. The van der Waals surface area contributed by atoms with E-state index < -0.39 is 0 Å². The zero-order valence-electron chi connectivity index (χ0n) is 12.8. The number of carbonyl (C=O) groups is 1. The average molecular weight is 287 g/mol. The second-order valence-electron chi connectivity index (χ2n) is 6.44. The number of aromatic nitrogens is 1. The molecule has 3 rings (SSSR count). The van der Waals surface area contributed by atoms with Crippen molar-refractivity contribution in [3.8, 4) is 0 Å². The molecule has 1 aliphatic heterocycles. The van der Waals surface area contributed by atoms with Crippen LogP contribution >= 0.6 is 0 Å². The second kappa shape index (κ2) is 6.56. The number of nitrogens with zero attached hydrogens (tertiary/aromatic N) is 2. The number of nitrogens with one attached hydrogen (secondary N) is 1. The molecule has 2 fully saturated rings. The van der Waals surface area contributed by atoms with Crippen LogP contribution < -0.4 is 5.32 Å². The molecular formula is C17H25N3O. The summed E-state index contributed by atoms with van der Waals surface area (Å²) in [6.07, 6.45) is 7.99.